The van der Waals surface area contributed by atoms with Crippen molar-refractivity contribution in [2.24, 2.45) is 0 Å². The van der Waals surface area contributed by atoms with Crippen LogP contribution >= 0.6 is 11.6 Å². The monoisotopic (exact) mass is 321 g/mol. The molecule has 1 aromatic heterocycles. The van der Waals surface area contributed by atoms with Crippen molar-refractivity contribution in [3.05, 3.63) is 53.1 Å². The van der Waals surface area contributed by atoms with Crippen LogP contribution in [0.4, 0.5) is 14.9 Å². The Kier molecular flexibility index (Phi) is 4.11. The first kappa shape index (κ1) is 14.6. The summed E-state index contributed by atoms with van der Waals surface area (Å²) in [7, 11) is 0. The van der Waals surface area contributed by atoms with E-state index in [4.69, 9.17) is 16.3 Å². The van der Waals surface area contributed by atoms with Crippen LogP contribution in [0, 0.1) is 5.82 Å². The number of anilines is 1. The van der Waals surface area contributed by atoms with E-state index in [-0.39, 0.29) is 11.7 Å². The maximum atomic E-state index is 13.5. The summed E-state index contributed by atoms with van der Waals surface area (Å²) in [5, 5.41) is 5.77. The number of hydrogen-bond acceptors (Lipinski definition) is 3. The Balaban J connectivity index is 1.74. The molecule has 0 saturated heterocycles. The topological polar surface area (TPSA) is 63.2 Å². The van der Waals surface area contributed by atoms with Gasteiger partial charge in [-0.25, -0.2) is 9.18 Å². The van der Waals surface area contributed by atoms with Gasteiger partial charge in [-0.1, -0.05) is 23.7 Å². The van der Waals surface area contributed by atoms with Gasteiger partial charge in [-0.15, -0.1) is 0 Å². The van der Waals surface area contributed by atoms with E-state index in [1.54, 1.807) is 12.1 Å². The normalized spacial score (nSPS) is 16.4. The highest BCUT2D eigenvalue weighted by atomic mass is 35.5. The van der Waals surface area contributed by atoms with E-state index in [1.165, 1.54) is 12.3 Å². The lowest BCUT2D eigenvalue weighted by molar-refractivity contribution is 0.232. The fourth-order valence-corrected chi connectivity index (χ4v) is 2.57. The van der Waals surface area contributed by atoms with Crippen molar-refractivity contribution in [3.63, 3.8) is 0 Å². The fourth-order valence-electron chi connectivity index (χ4n) is 2.33. The third-order valence-corrected chi connectivity index (χ3v) is 3.65. The van der Waals surface area contributed by atoms with Crippen LogP contribution in [-0.2, 0) is 0 Å². The molecule has 114 valence electrons. The van der Waals surface area contributed by atoms with Crippen LogP contribution in [0.5, 0.6) is 5.75 Å². The van der Waals surface area contributed by atoms with Crippen LogP contribution < -0.4 is 15.4 Å². The van der Waals surface area contributed by atoms with Gasteiger partial charge in [0.25, 0.3) is 0 Å². The van der Waals surface area contributed by atoms with Gasteiger partial charge >= 0.3 is 6.03 Å². The van der Waals surface area contributed by atoms with Crippen molar-refractivity contribution >= 4 is 23.3 Å². The highest BCUT2D eigenvalue weighted by Crippen LogP contribution is 2.37. The zero-order valence-electron chi connectivity index (χ0n) is 11.5. The molecule has 22 heavy (non-hydrogen) atoms. The third kappa shape index (κ3) is 2.96. The first-order chi connectivity index (χ1) is 10.6. The number of halogens is 2. The number of aromatic nitrogens is 1. The van der Waals surface area contributed by atoms with Crippen LogP contribution in [-0.4, -0.2) is 17.6 Å². The third-order valence-electron chi connectivity index (χ3n) is 3.35. The molecule has 0 bridgehead atoms. The molecule has 0 spiro atoms. The Labute approximate surface area is 131 Å². The number of nitrogens with zero attached hydrogens (tertiary/aromatic N) is 1. The van der Waals surface area contributed by atoms with Crippen LogP contribution in [0.15, 0.2) is 36.7 Å². The molecule has 7 heteroatoms. The molecule has 0 saturated carbocycles. The summed E-state index contributed by atoms with van der Waals surface area (Å²) in [6.45, 7) is 0.450. The van der Waals surface area contributed by atoms with Crippen LogP contribution in [0.2, 0.25) is 5.02 Å². The Hall–Kier alpha value is -2.34. The second-order valence-corrected chi connectivity index (χ2v) is 5.21. The molecule has 1 aliphatic rings. The number of carbonyl (C=O) groups excluding carboxylic acids is 1. The number of nitrogens with one attached hydrogen (secondary N) is 2. The molecule has 0 radical (unpaired) electrons. The van der Waals surface area contributed by atoms with Gasteiger partial charge in [-0.2, -0.15) is 0 Å². The summed E-state index contributed by atoms with van der Waals surface area (Å²) in [5.41, 5.74) is 0.884. The Morgan fingerprint density at radius 1 is 1.41 bits per heavy atom. The lowest BCUT2D eigenvalue weighted by atomic mass is 10.0. The van der Waals surface area contributed by atoms with Gasteiger partial charge in [-0.05, 0) is 12.1 Å². The minimum atomic E-state index is -0.590. The molecule has 5 nitrogen and oxygen atoms in total. The first-order valence-corrected chi connectivity index (χ1v) is 7.11. The molecule has 0 unspecified atom stereocenters. The number of carbonyl (C=O) groups is 1. The number of ether oxygens (including phenoxy) is 1. The van der Waals surface area contributed by atoms with Gasteiger partial charge in [0.15, 0.2) is 5.82 Å². The van der Waals surface area contributed by atoms with E-state index in [1.807, 2.05) is 6.07 Å². The van der Waals surface area contributed by atoms with Crippen molar-refractivity contribution in [2.75, 3.05) is 11.9 Å². The molecule has 2 aromatic rings. The summed E-state index contributed by atoms with van der Waals surface area (Å²) >= 11 is 6.08. The largest absolute Gasteiger partial charge is 0.492 e. The standard InChI is InChI=1S/C15H13ClFN3O2/c16-10-3-1-2-9-12(5-7-22-14(9)10)19-15(21)20-13-4-6-18-8-11(13)17/h1-4,6,8,12H,5,7H2,(H2,18,19,20,21)/t12-/m0/s1. The second kappa shape index (κ2) is 6.19. The van der Waals surface area contributed by atoms with Crippen LogP contribution in [0.3, 0.4) is 0 Å². The number of hydrogen-bond donors (Lipinski definition) is 2. The van der Waals surface area contributed by atoms with E-state index < -0.39 is 11.8 Å². The molecule has 0 aliphatic carbocycles. The number of fused-ring (bicyclic) bond motifs is 1. The van der Waals surface area contributed by atoms with E-state index in [2.05, 4.69) is 15.6 Å². The van der Waals surface area contributed by atoms with Crippen molar-refractivity contribution < 1.29 is 13.9 Å². The smallest absolute Gasteiger partial charge is 0.319 e. The summed E-state index contributed by atoms with van der Waals surface area (Å²) in [6, 6.07) is 6.03. The highest BCUT2D eigenvalue weighted by Gasteiger charge is 2.24. The molecule has 1 atom stereocenters. The summed E-state index contributed by atoms with van der Waals surface area (Å²) < 4.78 is 19.0. The minimum absolute atomic E-state index is 0.0749. The molecule has 0 fully saturated rings. The molecule has 1 aliphatic heterocycles. The van der Waals surface area contributed by atoms with E-state index in [0.29, 0.717) is 23.8 Å². The summed E-state index contributed by atoms with van der Waals surface area (Å²) in [4.78, 5) is 15.7. The van der Waals surface area contributed by atoms with Crippen molar-refractivity contribution in [1.82, 2.24) is 10.3 Å². The SMILES string of the molecule is O=C(Nc1ccncc1F)N[C@H]1CCOc2c(Cl)cccc21. The second-order valence-electron chi connectivity index (χ2n) is 4.80. The summed E-state index contributed by atoms with van der Waals surface area (Å²) in [5.74, 6) is -0.0103. The molecule has 2 N–H and O–H groups in total. The average molecular weight is 322 g/mol. The zero-order valence-corrected chi connectivity index (χ0v) is 12.2. The Morgan fingerprint density at radius 3 is 3.09 bits per heavy atom. The zero-order chi connectivity index (χ0) is 15.5. The number of benzene rings is 1. The average Bonchev–Trinajstić information content (AvgIpc) is 2.51. The number of amides is 2. The van der Waals surface area contributed by atoms with Crippen LogP contribution in [0.1, 0.15) is 18.0 Å². The number of urea groups is 1. The maximum absolute atomic E-state index is 13.5. The molecule has 1 aromatic carbocycles. The highest BCUT2D eigenvalue weighted by molar-refractivity contribution is 6.32. The van der Waals surface area contributed by atoms with Gasteiger partial charge in [0.2, 0.25) is 0 Å². The quantitative estimate of drug-likeness (QED) is 0.889. The lowest BCUT2D eigenvalue weighted by Gasteiger charge is -2.27. The van der Waals surface area contributed by atoms with E-state index in [9.17, 15) is 9.18 Å². The van der Waals surface area contributed by atoms with Gasteiger partial charge in [0, 0.05) is 18.2 Å². The Morgan fingerprint density at radius 2 is 2.27 bits per heavy atom. The number of rotatable bonds is 2. The van der Waals surface area contributed by atoms with Gasteiger partial charge in [-0.3, -0.25) is 4.98 Å². The van der Waals surface area contributed by atoms with Crippen molar-refractivity contribution in [2.45, 2.75) is 12.5 Å². The fraction of sp³-hybridized carbons (Fsp3) is 0.200. The molecule has 2 amide bonds. The molecular formula is C15H13ClFN3O2. The molecular weight excluding hydrogens is 309 g/mol. The van der Waals surface area contributed by atoms with E-state index >= 15 is 0 Å². The van der Waals surface area contributed by atoms with E-state index in [0.717, 1.165) is 11.8 Å². The van der Waals surface area contributed by atoms with Crippen molar-refractivity contribution in [3.8, 4) is 5.75 Å². The number of para-hydroxylation sites is 1. The first-order valence-electron chi connectivity index (χ1n) is 6.73. The van der Waals surface area contributed by atoms with Gasteiger partial charge in [0.05, 0.1) is 29.6 Å². The lowest BCUT2D eigenvalue weighted by Crippen LogP contribution is -2.35. The molecule has 3 rings (SSSR count). The minimum Gasteiger partial charge on any atom is -0.492 e. The maximum Gasteiger partial charge on any atom is 0.319 e. The van der Waals surface area contributed by atoms with Gasteiger partial charge < -0.3 is 15.4 Å². The Bertz CT molecular complexity index is 711. The predicted molar refractivity (Wildman–Crippen MR) is 80.7 cm³/mol. The van der Waals surface area contributed by atoms with Crippen LogP contribution in [0.25, 0.3) is 0 Å². The number of pyridine rings is 1. The summed E-state index contributed by atoms with van der Waals surface area (Å²) in [6.07, 6.45) is 3.06. The van der Waals surface area contributed by atoms with Crippen molar-refractivity contribution in [1.29, 1.82) is 0 Å². The van der Waals surface area contributed by atoms with Gasteiger partial charge in [0.1, 0.15) is 5.75 Å². The predicted octanol–water partition coefficient (Wildman–Crippen LogP) is 3.52. The molecule has 2 heterocycles.